The van der Waals surface area contributed by atoms with Crippen molar-refractivity contribution in [1.29, 1.82) is 0 Å². The topological polar surface area (TPSA) is 84.6 Å². The lowest BCUT2D eigenvalue weighted by molar-refractivity contribution is -0.385. The van der Waals surface area contributed by atoms with Crippen molar-refractivity contribution < 1.29 is 14.8 Å². The maximum absolute atomic E-state index is 10.8. The van der Waals surface area contributed by atoms with Crippen molar-refractivity contribution in [3.8, 4) is 5.75 Å². The quantitative estimate of drug-likeness (QED) is 0.601. The highest BCUT2D eigenvalue weighted by Gasteiger charge is 2.26. The van der Waals surface area contributed by atoms with E-state index in [4.69, 9.17) is 4.74 Å². The van der Waals surface area contributed by atoms with E-state index in [1.165, 1.54) is 13.2 Å². The van der Waals surface area contributed by atoms with Crippen LogP contribution in [0, 0.1) is 16.0 Å². The molecule has 1 aliphatic carbocycles. The summed E-state index contributed by atoms with van der Waals surface area (Å²) in [4.78, 5) is 10.4. The average molecular weight is 266 g/mol. The first kappa shape index (κ1) is 13.8. The molecule has 6 heteroatoms. The third-order valence-electron chi connectivity index (χ3n) is 3.37. The van der Waals surface area contributed by atoms with Crippen LogP contribution in [-0.2, 0) is 6.54 Å². The van der Waals surface area contributed by atoms with Gasteiger partial charge in [0.2, 0.25) is 0 Å². The molecule has 0 unspecified atom stereocenters. The summed E-state index contributed by atoms with van der Waals surface area (Å²) in [5.74, 6) is 1.00. The molecule has 1 aromatic carbocycles. The summed E-state index contributed by atoms with van der Waals surface area (Å²) < 4.78 is 5.05. The molecular weight excluding hydrogens is 248 g/mol. The third kappa shape index (κ3) is 3.65. The number of hydrogen-bond acceptors (Lipinski definition) is 5. The second kappa shape index (κ2) is 5.99. The van der Waals surface area contributed by atoms with E-state index in [-0.39, 0.29) is 11.8 Å². The van der Waals surface area contributed by atoms with E-state index in [1.807, 2.05) is 0 Å². The maximum atomic E-state index is 10.8. The number of nitrogens with zero attached hydrogens (tertiary/aromatic N) is 1. The molecule has 0 radical (unpaired) electrons. The van der Waals surface area contributed by atoms with Crippen molar-refractivity contribution in [1.82, 2.24) is 5.32 Å². The number of benzene rings is 1. The molecule has 104 valence electrons. The molecule has 0 amide bonds. The van der Waals surface area contributed by atoms with Gasteiger partial charge in [0.15, 0.2) is 0 Å². The van der Waals surface area contributed by atoms with Gasteiger partial charge in [0.1, 0.15) is 5.75 Å². The summed E-state index contributed by atoms with van der Waals surface area (Å²) in [5.41, 5.74) is 0.862. The van der Waals surface area contributed by atoms with Gasteiger partial charge in [-0.05, 0) is 36.9 Å². The van der Waals surface area contributed by atoms with E-state index in [0.717, 1.165) is 24.9 Å². The summed E-state index contributed by atoms with van der Waals surface area (Å²) in [6.07, 6.45) is 1.53. The monoisotopic (exact) mass is 266 g/mol. The Labute approximate surface area is 111 Å². The van der Waals surface area contributed by atoms with E-state index in [9.17, 15) is 15.2 Å². The highest BCUT2D eigenvalue weighted by molar-refractivity contribution is 5.42. The van der Waals surface area contributed by atoms with Gasteiger partial charge in [0, 0.05) is 12.6 Å². The molecule has 0 saturated heterocycles. The molecule has 1 saturated carbocycles. The van der Waals surface area contributed by atoms with E-state index in [0.29, 0.717) is 18.2 Å². The predicted molar refractivity (Wildman–Crippen MR) is 70.1 cm³/mol. The number of aliphatic hydroxyl groups is 1. The summed E-state index contributed by atoms with van der Waals surface area (Å²) >= 11 is 0. The van der Waals surface area contributed by atoms with Crippen LogP contribution in [0.5, 0.6) is 5.75 Å². The molecule has 1 aliphatic rings. The van der Waals surface area contributed by atoms with Crippen molar-refractivity contribution in [2.45, 2.75) is 25.5 Å². The van der Waals surface area contributed by atoms with Crippen LogP contribution in [0.1, 0.15) is 18.4 Å². The largest absolute Gasteiger partial charge is 0.496 e. The first-order chi connectivity index (χ1) is 9.08. The molecule has 2 rings (SSSR count). The minimum absolute atomic E-state index is 0.0372. The number of aliphatic hydroxyl groups excluding tert-OH is 1. The van der Waals surface area contributed by atoms with Gasteiger partial charge >= 0.3 is 0 Å². The molecule has 0 spiro atoms. The predicted octanol–water partition coefficient (Wildman–Crippen LogP) is 1.46. The van der Waals surface area contributed by atoms with Crippen molar-refractivity contribution in [3.05, 3.63) is 33.9 Å². The number of hydrogen-bond donors (Lipinski definition) is 2. The SMILES string of the molecule is COc1cc(CNCC2CC(O)C2)cc([N+](=O)[O-])c1. The van der Waals surface area contributed by atoms with Gasteiger partial charge in [-0.3, -0.25) is 10.1 Å². The second-order valence-corrected chi connectivity index (χ2v) is 4.92. The van der Waals surface area contributed by atoms with Gasteiger partial charge in [-0.15, -0.1) is 0 Å². The Morgan fingerprint density at radius 3 is 2.79 bits per heavy atom. The van der Waals surface area contributed by atoms with Crippen molar-refractivity contribution in [2.24, 2.45) is 5.92 Å². The van der Waals surface area contributed by atoms with Crippen LogP contribution in [0.25, 0.3) is 0 Å². The Kier molecular flexibility index (Phi) is 4.34. The number of nitrogens with one attached hydrogen (secondary N) is 1. The summed E-state index contributed by atoms with van der Waals surface area (Å²) in [7, 11) is 1.49. The van der Waals surface area contributed by atoms with E-state index >= 15 is 0 Å². The fraction of sp³-hybridized carbons (Fsp3) is 0.538. The van der Waals surface area contributed by atoms with E-state index in [2.05, 4.69) is 5.32 Å². The van der Waals surface area contributed by atoms with Gasteiger partial charge in [0.05, 0.1) is 24.2 Å². The van der Waals surface area contributed by atoms with Crippen molar-refractivity contribution >= 4 is 5.69 Å². The van der Waals surface area contributed by atoms with Crippen LogP contribution < -0.4 is 10.1 Å². The summed E-state index contributed by atoms with van der Waals surface area (Å²) in [5, 5.41) is 23.2. The number of methoxy groups -OCH3 is 1. The zero-order chi connectivity index (χ0) is 13.8. The normalized spacial score (nSPS) is 21.8. The lowest BCUT2D eigenvalue weighted by Crippen LogP contribution is -2.35. The van der Waals surface area contributed by atoms with Crippen LogP contribution in [0.2, 0.25) is 0 Å². The number of rotatable bonds is 6. The van der Waals surface area contributed by atoms with Crippen LogP contribution in [0.15, 0.2) is 18.2 Å². The zero-order valence-corrected chi connectivity index (χ0v) is 10.8. The number of nitro benzene ring substituents is 1. The molecule has 19 heavy (non-hydrogen) atoms. The summed E-state index contributed by atoms with van der Waals surface area (Å²) in [6.45, 7) is 1.38. The maximum Gasteiger partial charge on any atom is 0.273 e. The molecule has 0 aliphatic heterocycles. The minimum atomic E-state index is -0.422. The second-order valence-electron chi connectivity index (χ2n) is 4.92. The fourth-order valence-electron chi connectivity index (χ4n) is 2.26. The third-order valence-corrected chi connectivity index (χ3v) is 3.37. The standard InChI is InChI=1S/C13H18N2O4/c1-19-13-5-9(2-11(6-13)15(17)18)7-14-8-10-3-12(16)4-10/h2,5-6,10,12,14,16H,3-4,7-8H2,1H3. The Hall–Kier alpha value is -1.66. The van der Waals surface area contributed by atoms with Crippen LogP contribution in [0.4, 0.5) is 5.69 Å². The molecule has 1 aromatic rings. The van der Waals surface area contributed by atoms with Gasteiger partial charge in [0.25, 0.3) is 5.69 Å². The van der Waals surface area contributed by atoms with Gasteiger partial charge in [-0.25, -0.2) is 0 Å². The Morgan fingerprint density at radius 2 is 2.21 bits per heavy atom. The highest BCUT2D eigenvalue weighted by atomic mass is 16.6. The number of nitro groups is 1. The Balaban J connectivity index is 1.91. The van der Waals surface area contributed by atoms with Gasteiger partial charge < -0.3 is 15.2 Å². The van der Waals surface area contributed by atoms with Crippen LogP contribution in [0.3, 0.4) is 0 Å². The summed E-state index contributed by atoms with van der Waals surface area (Å²) in [6, 6.07) is 4.74. The zero-order valence-electron chi connectivity index (χ0n) is 10.8. The molecule has 6 nitrogen and oxygen atoms in total. The first-order valence-electron chi connectivity index (χ1n) is 6.29. The minimum Gasteiger partial charge on any atom is -0.496 e. The Bertz CT molecular complexity index is 458. The average Bonchev–Trinajstić information content (AvgIpc) is 2.36. The van der Waals surface area contributed by atoms with Crippen molar-refractivity contribution in [2.75, 3.05) is 13.7 Å². The van der Waals surface area contributed by atoms with Gasteiger partial charge in [-0.1, -0.05) is 0 Å². The van der Waals surface area contributed by atoms with Crippen LogP contribution in [-0.4, -0.2) is 29.8 Å². The molecule has 1 fully saturated rings. The van der Waals surface area contributed by atoms with E-state index < -0.39 is 4.92 Å². The van der Waals surface area contributed by atoms with Crippen molar-refractivity contribution in [3.63, 3.8) is 0 Å². The lowest BCUT2D eigenvalue weighted by Gasteiger charge is -2.31. The smallest absolute Gasteiger partial charge is 0.273 e. The highest BCUT2D eigenvalue weighted by Crippen LogP contribution is 2.26. The van der Waals surface area contributed by atoms with Gasteiger partial charge in [-0.2, -0.15) is 0 Å². The molecule has 0 atom stereocenters. The first-order valence-corrected chi connectivity index (χ1v) is 6.29. The molecule has 0 aromatic heterocycles. The van der Waals surface area contributed by atoms with Crippen LogP contribution >= 0.6 is 0 Å². The Morgan fingerprint density at radius 1 is 1.47 bits per heavy atom. The number of non-ortho nitro benzene ring substituents is 1. The lowest BCUT2D eigenvalue weighted by atomic mass is 9.82. The molecule has 0 heterocycles. The molecular formula is C13H18N2O4. The molecule has 2 N–H and O–H groups in total. The molecule has 0 bridgehead atoms. The fourth-order valence-corrected chi connectivity index (χ4v) is 2.26. The van der Waals surface area contributed by atoms with E-state index in [1.54, 1.807) is 12.1 Å². The number of ether oxygens (including phenoxy) is 1.